The quantitative estimate of drug-likeness (QED) is 0.615. The van der Waals surface area contributed by atoms with Crippen LogP contribution in [0.2, 0.25) is 0 Å². The molecule has 0 saturated carbocycles. The molecule has 0 radical (unpaired) electrons. The van der Waals surface area contributed by atoms with Crippen LogP contribution in [0.4, 0.5) is 0 Å². The lowest BCUT2D eigenvalue weighted by Gasteiger charge is -2.05. The Hall–Kier alpha value is -1.38. The largest absolute Gasteiger partial charge is 0.264 e. The monoisotopic (exact) mass is 303 g/mol. The third-order valence-electron chi connectivity index (χ3n) is 3.26. The molecule has 0 aliphatic carbocycles. The summed E-state index contributed by atoms with van der Waals surface area (Å²) in [6.45, 7) is 4.53. The molecule has 0 fully saturated rings. The van der Waals surface area contributed by atoms with Crippen LogP contribution in [0.1, 0.15) is 19.4 Å². The second-order valence-electron chi connectivity index (χ2n) is 5.32. The van der Waals surface area contributed by atoms with Gasteiger partial charge in [-0.3, -0.25) is 4.98 Å². The summed E-state index contributed by atoms with van der Waals surface area (Å²) in [5, 5.41) is 3.58. The van der Waals surface area contributed by atoms with E-state index in [0.717, 1.165) is 6.42 Å². The number of halogens is 1. The first-order valence-corrected chi connectivity index (χ1v) is 7.52. The molecule has 0 N–H and O–H groups in total. The Morgan fingerprint density at radius 2 is 2.05 bits per heavy atom. The lowest BCUT2D eigenvalue weighted by atomic mass is 10.0. The molecule has 0 bridgehead atoms. The molecule has 3 aromatic rings. The van der Waals surface area contributed by atoms with Crippen molar-refractivity contribution in [3.8, 4) is 11.1 Å². The van der Waals surface area contributed by atoms with Gasteiger partial charge in [0.15, 0.2) is 0 Å². The predicted octanol–water partition coefficient (Wildman–Crippen LogP) is 5.58. The molecule has 0 atom stereocenters. The van der Waals surface area contributed by atoms with Gasteiger partial charge in [0.05, 0.1) is 0 Å². The van der Waals surface area contributed by atoms with Crippen LogP contribution in [-0.2, 0) is 6.42 Å². The summed E-state index contributed by atoms with van der Waals surface area (Å²) in [6.07, 6.45) is 4.90. The average Bonchev–Trinajstić information content (AvgIpc) is 2.82. The van der Waals surface area contributed by atoms with E-state index in [4.69, 9.17) is 0 Å². The summed E-state index contributed by atoms with van der Waals surface area (Å²) in [7, 11) is 0. The number of benzene rings is 1. The summed E-state index contributed by atoms with van der Waals surface area (Å²) in [6, 6.07) is 11.0. The van der Waals surface area contributed by atoms with E-state index in [9.17, 15) is 0 Å². The Morgan fingerprint density at radius 3 is 2.75 bits per heavy atom. The van der Waals surface area contributed by atoms with Crippen molar-refractivity contribution in [2.45, 2.75) is 20.3 Å². The Kier molecular flexibility index (Phi) is 4.79. The van der Waals surface area contributed by atoms with Gasteiger partial charge < -0.3 is 0 Å². The van der Waals surface area contributed by atoms with E-state index in [0.29, 0.717) is 5.92 Å². The highest BCUT2D eigenvalue weighted by Crippen LogP contribution is 2.34. The van der Waals surface area contributed by atoms with E-state index in [2.05, 4.69) is 48.5 Å². The zero-order valence-corrected chi connectivity index (χ0v) is 13.3. The molecule has 0 saturated heterocycles. The number of fused-ring (bicyclic) bond motifs is 1. The molecule has 20 heavy (non-hydrogen) atoms. The van der Waals surface area contributed by atoms with Gasteiger partial charge in [0, 0.05) is 33.6 Å². The minimum absolute atomic E-state index is 0. The highest BCUT2D eigenvalue weighted by molar-refractivity contribution is 7.17. The average molecular weight is 304 g/mol. The highest BCUT2D eigenvalue weighted by Gasteiger charge is 2.07. The number of nitrogens with zero attached hydrogens (tertiary/aromatic N) is 1. The van der Waals surface area contributed by atoms with Crippen LogP contribution in [-0.4, -0.2) is 4.98 Å². The van der Waals surface area contributed by atoms with Crippen molar-refractivity contribution in [3.05, 3.63) is 53.7 Å². The maximum Gasteiger partial charge on any atom is 0.0351 e. The Labute approximate surface area is 130 Å². The fourth-order valence-corrected chi connectivity index (χ4v) is 3.45. The van der Waals surface area contributed by atoms with E-state index in [1.54, 1.807) is 0 Å². The van der Waals surface area contributed by atoms with Gasteiger partial charge in [0.1, 0.15) is 0 Å². The second kappa shape index (κ2) is 6.38. The minimum atomic E-state index is 0. The molecule has 2 aromatic heterocycles. The maximum absolute atomic E-state index is 4.21. The fourth-order valence-electron chi connectivity index (χ4n) is 2.42. The molecule has 0 aliphatic rings. The molecule has 0 spiro atoms. The molecular formula is C17H18ClNS. The number of hydrogen-bond donors (Lipinski definition) is 0. The van der Waals surface area contributed by atoms with Gasteiger partial charge in [0.25, 0.3) is 0 Å². The normalized spacial score (nSPS) is 10.8. The zero-order valence-electron chi connectivity index (χ0n) is 11.7. The molecule has 0 amide bonds. The van der Waals surface area contributed by atoms with Gasteiger partial charge in [-0.05, 0) is 35.4 Å². The maximum atomic E-state index is 4.21. The molecule has 2 heterocycles. The van der Waals surface area contributed by atoms with Crippen molar-refractivity contribution < 1.29 is 0 Å². The number of aromatic nitrogens is 1. The van der Waals surface area contributed by atoms with Crippen LogP contribution < -0.4 is 0 Å². The Balaban J connectivity index is 0.00000147. The molecule has 0 aliphatic heterocycles. The smallest absolute Gasteiger partial charge is 0.0351 e. The summed E-state index contributed by atoms with van der Waals surface area (Å²) in [5.41, 5.74) is 3.93. The summed E-state index contributed by atoms with van der Waals surface area (Å²) in [4.78, 5) is 4.21. The van der Waals surface area contributed by atoms with Crippen molar-refractivity contribution in [1.82, 2.24) is 4.98 Å². The van der Waals surface area contributed by atoms with Crippen molar-refractivity contribution in [1.29, 1.82) is 0 Å². The van der Waals surface area contributed by atoms with Crippen molar-refractivity contribution in [3.63, 3.8) is 0 Å². The molecule has 1 nitrogen and oxygen atoms in total. The van der Waals surface area contributed by atoms with Crippen LogP contribution >= 0.6 is 23.7 Å². The zero-order chi connectivity index (χ0) is 13.2. The molecule has 104 valence electrons. The number of pyridine rings is 1. The van der Waals surface area contributed by atoms with Gasteiger partial charge in [-0.25, -0.2) is 0 Å². The van der Waals surface area contributed by atoms with Gasteiger partial charge in [-0.2, -0.15) is 0 Å². The topological polar surface area (TPSA) is 12.9 Å². The van der Waals surface area contributed by atoms with Crippen molar-refractivity contribution >= 4 is 33.8 Å². The Morgan fingerprint density at radius 1 is 1.20 bits per heavy atom. The first-order valence-electron chi connectivity index (χ1n) is 6.64. The second-order valence-corrected chi connectivity index (χ2v) is 6.23. The minimum Gasteiger partial charge on any atom is -0.264 e. The molecule has 3 heteroatoms. The molecule has 0 unspecified atom stereocenters. The lowest BCUT2D eigenvalue weighted by molar-refractivity contribution is 0.648. The fraction of sp³-hybridized carbons (Fsp3) is 0.235. The van der Waals surface area contributed by atoms with E-state index in [-0.39, 0.29) is 12.4 Å². The number of rotatable bonds is 3. The first-order chi connectivity index (χ1) is 9.24. The highest BCUT2D eigenvalue weighted by atomic mass is 35.5. The van der Waals surface area contributed by atoms with Crippen molar-refractivity contribution in [2.24, 2.45) is 5.92 Å². The van der Waals surface area contributed by atoms with E-state index < -0.39 is 0 Å². The summed E-state index contributed by atoms with van der Waals surface area (Å²) < 4.78 is 1.37. The number of hydrogen-bond acceptors (Lipinski definition) is 2. The van der Waals surface area contributed by atoms with Gasteiger partial charge in [-0.1, -0.05) is 32.0 Å². The molecular weight excluding hydrogens is 286 g/mol. The number of thiophene rings is 1. The SMILES string of the molecule is CC(C)Cc1ccc2c(-c3cccnc3)csc2c1.Cl. The van der Waals surface area contributed by atoms with E-state index in [1.807, 2.05) is 29.8 Å². The van der Waals surface area contributed by atoms with Crippen LogP contribution in [0.25, 0.3) is 21.2 Å². The molecule has 3 rings (SSSR count). The van der Waals surface area contributed by atoms with E-state index in [1.165, 1.54) is 26.8 Å². The van der Waals surface area contributed by atoms with Gasteiger partial charge >= 0.3 is 0 Å². The first kappa shape index (κ1) is 15.0. The van der Waals surface area contributed by atoms with Gasteiger partial charge in [0.2, 0.25) is 0 Å². The Bertz CT molecular complexity index is 689. The summed E-state index contributed by atoms with van der Waals surface area (Å²) >= 11 is 1.82. The van der Waals surface area contributed by atoms with Gasteiger partial charge in [-0.15, -0.1) is 23.7 Å². The summed E-state index contributed by atoms with van der Waals surface area (Å²) in [5.74, 6) is 0.704. The van der Waals surface area contributed by atoms with Crippen LogP contribution in [0.15, 0.2) is 48.1 Å². The molecule has 1 aromatic carbocycles. The van der Waals surface area contributed by atoms with Crippen molar-refractivity contribution in [2.75, 3.05) is 0 Å². The van der Waals surface area contributed by atoms with E-state index >= 15 is 0 Å². The van der Waals surface area contributed by atoms with Crippen LogP contribution in [0.5, 0.6) is 0 Å². The third-order valence-corrected chi connectivity index (χ3v) is 4.20. The third kappa shape index (κ3) is 3.02. The lowest BCUT2D eigenvalue weighted by Crippen LogP contribution is -1.92. The standard InChI is InChI=1S/C17H17NS.ClH/c1-12(2)8-13-5-6-15-16(11-19-17(15)9-13)14-4-3-7-18-10-14;/h3-7,9-12H,8H2,1-2H3;1H. The predicted molar refractivity (Wildman–Crippen MR) is 90.8 cm³/mol. The van der Waals surface area contributed by atoms with Crippen LogP contribution in [0, 0.1) is 5.92 Å². The van der Waals surface area contributed by atoms with Crippen LogP contribution in [0.3, 0.4) is 0 Å².